The summed E-state index contributed by atoms with van der Waals surface area (Å²) in [5.41, 5.74) is 3.39. The monoisotopic (exact) mass is 446 g/mol. The summed E-state index contributed by atoms with van der Waals surface area (Å²) in [4.78, 5) is 16.2. The van der Waals surface area contributed by atoms with Crippen molar-refractivity contribution in [2.24, 2.45) is 7.05 Å². The quantitative estimate of drug-likeness (QED) is 0.477. The molecule has 0 radical (unpaired) electrons. The van der Waals surface area contributed by atoms with Gasteiger partial charge in [0.1, 0.15) is 24.3 Å². The highest BCUT2D eigenvalue weighted by Crippen LogP contribution is 2.33. The largest absolute Gasteiger partial charge is 0.492 e. The molecule has 10 heteroatoms. The molecule has 0 amide bonds. The molecule has 0 atom stereocenters. The van der Waals surface area contributed by atoms with E-state index < -0.39 is 0 Å². The lowest BCUT2D eigenvalue weighted by Gasteiger charge is -2.28. The maximum atomic E-state index is 5.90. The van der Waals surface area contributed by atoms with Crippen molar-refractivity contribution in [2.45, 2.75) is 20.3 Å². The maximum Gasteiger partial charge on any atom is 0.227 e. The van der Waals surface area contributed by atoms with Crippen LogP contribution >= 0.6 is 0 Å². The van der Waals surface area contributed by atoms with Gasteiger partial charge < -0.3 is 24.3 Å². The normalized spacial score (nSPS) is 14.0. The van der Waals surface area contributed by atoms with Crippen LogP contribution in [0, 0.1) is 6.92 Å². The van der Waals surface area contributed by atoms with Gasteiger partial charge in [0.05, 0.1) is 18.9 Å². The summed E-state index contributed by atoms with van der Waals surface area (Å²) in [6.45, 7) is 6.62. The highest BCUT2D eigenvalue weighted by molar-refractivity contribution is 5.89. The van der Waals surface area contributed by atoms with E-state index in [1.165, 1.54) is 0 Å². The molecule has 0 bridgehead atoms. The molecular weight excluding hydrogens is 420 g/mol. The average Bonchev–Trinajstić information content (AvgIpc) is 3.26. The van der Waals surface area contributed by atoms with Crippen LogP contribution in [0.15, 0.2) is 36.8 Å². The zero-order chi connectivity index (χ0) is 22.8. The van der Waals surface area contributed by atoms with E-state index in [-0.39, 0.29) is 0 Å². The van der Waals surface area contributed by atoms with Crippen molar-refractivity contribution in [1.29, 1.82) is 0 Å². The van der Waals surface area contributed by atoms with Crippen molar-refractivity contribution < 1.29 is 9.47 Å². The third-order valence-electron chi connectivity index (χ3n) is 5.44. The van der Waals surface area contributed by atoms with Crippen LogP contribution in [-0.2, 0) is 11.8 Å². The van der Waals surface area contributed by atoms with Crippen molar-refractivity contribution in [3.63, 3.8) is 0 Å². The zero-order valence-corrected chi connectivity index (χ0v) is 18.9. The molecule has 1 aliphatic rings. The summed E-state index contributed by atoms with van der Waals surface area (Å²) in [7, 11) is 1.91. The molecule has 0 unspecified atom stereocenters. The van der Waals surface area contributed by atoms with Crippen molar-refractivity contribution >= 4 is 28.4 Å². The fourth-order valence-corrected chi connectivity index (χ4v) is 3.90. The lowest BCUT2D eigenvalue weighted by Crippen LogP contribution is -2.34. The molecule has 33 heavy (non-hydrogen) atoms. The number of aromatic nitrogens is 6. The number of nitrogens with one attached hydrogen (secondary N) is 1. The summed E-state index contributed by atoms with van der Waals surface area (Å²) >= 11 is 0. The Morgan fingerprint density at radius 2 is 2.12 bits per heavy atom. The number of hydrogen-bond donors (Lipinski definition) is 1. The fourth-order valence-electron chi connectivity index (χ4n) is 3.90. The van der Waals surface area contributed by atoms with Crippen molar-refractivity contribution in [3.05, 3.63) is 42.5 Å². The molecule has 1 saturated heterocycles. The summed E-state index contributed by atoms with van der Waals surface area (Å²) in [5.74, 6) is 2.74. The van der Waals surface area contributed by atoms with Gasteiger partial charge in [0.15, 0.2) is 11.6 Å². The number of ether oxygens (including phenoxy) is 2. The fraction of sp³-hybridized carbons (Fsp3) is 0.348. The molecule has 3 aromatic heterocycles. The van der Waals surface area contributed by atoms with Crippen LogP contribution < -0.4 is 15.0 Å². The number of anilines is 3. The number of fused-ring (bicyclic) bond motifs is 1. The topological polar surface area (TPSA) is 103 Å². The first-order chi connectivity index (χ1) is 16.1. The molecule has 1 aliphatic heterocycles. The Morgan fingerprint density at radius 1 is 1.21 bits per heavy atom. The maximum absolute atomic E-state index is 5.90. The highest BCUT2D eigenvalue weighted by Gasteiger charge is 2.18. The first-order valence-electron chi connectivity index (χ1n) is 11.0. The van der Waals surface area contributed by atoms with E-state index in [2.05, 4.69) is 25.4 Å². The van der Waals surface area contributed by atoms with E-state index in [9.17, 15) is 0 Å². The standard InChI is InChI=1S/C23H26N8O2/c1-4-33-19-11-16(21-29-25-13-30(21)3)6-7-18(19)27-23-24-12-17-10-15(2)26-22(20(17)28-23)31-8-5-9-32-14-31/h6-7,10-13H,4-5,8-9,14H2,1-3H3,(H,24,27,28). The predicted octanol–water partition coefficient (Wildman–Crippen LogP) is 3.46. The van der Waals surface area contributed by atoms with Gasteiger partial charge in [0.25, 0.3) is 0 Å². The average molecular weight is 447 g/mol. The summed E-state index contributed by atoms with van der Waals surface area (Å²) in [5, 5.41) is 12.4. The number of pyridine rings is 1. The van der Waals surface area contributed by atoms with E-state index in [0.717, 1.165) is 59.1 Å². The molecule has 4 aromatic rings. The van der Waals surface area contributed by atoms with Gasteiger partial charge in [-0.3, -0.25) is 0 Å². The van der Waals surface area contributed by atoms with Gasteiger partial charge in [-0.05, 0) is 44.5 Å². The summed E-state index contributed by atoms with van der Waals surface area (Å²) in [6, 6.07) is 7.85. The van der Waals surface area contributed by atoms with Crippen molar-refractivity contribution in [1.82, 2.24) is 29.7 Å². The van der Waals surface area contributed by atoms with Crippen molar-refractivity contribution in [3.8, 4) is 17.1 Å². The van der Waals surface area contributed by atoms with E-state index >= 15 is 0 Å². The zero-order valence-electron chi connectivity index (χ0n) is 18.9. The van der Waals surface area contributed by atoms with Crippen LogP contribution in [0.1, 0.15) is 19.0 Å². The summed E-state index contributed by atoms with van der Waals surface area (Å²) in [6.07, 6.45) is 4.45. The molecule has 0 spiro atoms. The minimum atomic E-state index is 0.472. The third-order valence-corrected chi connectivity index (χ3v) is 5.44. The number of benzene rings is 1. The van der Waals surface area contributed by atoms with Crippen LogP contribution in [0.5, 0.6) is 5.75 Å². The molecule has 1 fully saturated rings. The Balaban J connectivity index is 1.51. The Morgan fingerprint density at radius 3 is 2.88 bits per heavy atom. The number of rotatable bonds is 6. The molecule has 10 nitrogen and oxygen atoms in total. The minimum absolute atomic E-state index is 0.472. The van der Waals surface area contributed by atoms with Crippen molar-refractivity contribution in [2.75, 3.05) is 36.7 Å². The van der Waals surface area contributed by atoms with Gasteiger partial charge >= 0.3 is 0 Å². The number of aryl methyl sites for hydroxylation is 2. The van der Waals surface area contributed by atoms with Gasteiger partial charge in [0, 0.05) is 36.4 Å². The highest BCUT2D eigenvalue weighted by atomic mass is 16.5. The Kier molecular flexibility index (Phi) is 5.74. The van der Waals surface area contributed by atoms with Gasteiger partial charge in [-0.15, -0.1) is 10.2 Å². The molecule has 1 N–H and O–H groups in total. The Hall–Kier alpha value is -3.79. The Bertz CT molecular complexity index is 1280. The SMILES string of the molecule is CCOc1cc(-c2nncn2C)ccc1Nc1ncc2cc(C)nc(N3CCCOC3)c2n1. The van der Waals surface area contributed by atoms with E-state index in [4.69, 9.17) is 19.4 Å². The van der Waals surface area contributed by atoms with E-state index in [0.29, 0.717) is 25.0 Å². The number of nitrogens with zero attached hydrogens (tertiary/aromatic N) is 7. The van der Waals surface area contributed by atoms with Gasteiger partial charge in [-0.2, -0.15) is 0 Å². The van der Waals surface area contributed by atoms with Crippen LogP contribution in [0.3, 0.4) is 0 Å². The predicted molar refractivity (Wildman–Crippen MR) is 126 cm³/mol. The van der Waals surface area contributed by atoms with E-state index in [1.54, 1.807) is 6.33 Å². The van der Waals surface area contributed by atoms with E-state index in [1.807, 2.05) is 55.9 Å². The lowest BCUT2D eigenvalue weighted by atomic mass is 10.1. The molecule has 0 aliphatic carbocycles. The van der Waals surface area contributed by atoms with Crippen LogP contribution in [-0.4, -0.2) is 56.2 Å². The first-order valence-corrected chi connectivity index (χ1v) is 11.0. The molecule has 5 rings (SSSR count). The Labute approximate surface area is 191 Å². The first kappa shape index (κ1) is 21.1. The van der Waals surface area contributed by atoms with Gasteiger partial charge in [-0.25, -0.2) is 15.0 Å². The second kappa shape index (κ2) is 8.99. The summed E-state index contributed by atoms with van der Waals surface area (Å²) < 4.78 is 13.4. The second-order valence-electron chi connectivity index (χ2n) is 7.91. The minimum Gasteiger partial charge on any atom is -0.492 e. The lowest BCUT2D eigenvalue weighted by molar-refractivity contribution is 0.107. The molecule has 0 saturated carbocycles. The molecular formula is C23H26N8O2. The molecule has 170 valence electrons. The van der Waals surface area contributed by atoms with Crippen LogP contribution in [0.4, 0.5) is 17.5 Å². The van der Waals surface area contributed by atoms with Gasteiger partial charge in [-0.1, -0.05) is 0 Å². The molecule has 4 heterocycles. The van der Waals surface area contributed by atoms with Gasteiger partial charge in [0.2, 0.25) is 5.95 Å². The van der Waals surface area contributed by atoms with Crippen LogP contribution in [0.25, 0.3) is 22.3 Å². The second-order valence-corrected chi connectivity index (χ2v) is 7.91. The smallest absolute Gasteiger partial charge is 0.227 e. The van der Waals surface area contributed by atoms with Crippen LogP contribution in [0.2, 0.25) is 0 Å². The third kappa shape index (κ3) is 4.29. The number of hydrogen-bond acceptors (Lipinski definition) is 9. The molecule has 1 aromatic carbocycles.